The molecular weight excluding hydrogens is 344 g/mol. The summed E-state index contributed by atoms with van der Waals surface area (Å²) in [4.78, 5) is 30.4. The van der Waals surface area contributed by atoms with Gasteiger partial charge in [-0.3, -0.25) is 14.9 Å². The zero-order chi connectivity index (χ0) is 19.4. The Morgan fingerprint density at radius 1 is 1.19 bits per heavy atom. The van der Waals surface area contributed by atoms with E-state index in [2.05, 4.69) is 9.97 Å². The monoisotopic (exact) mass is 362 g/mol. The molecule has 27 heavy (non-hydrogen) atoms. The third kappa shape index (κ3) is 3.82. The van der Waals surface area contributed by atoms with Crippen LogP contribution in [-0.4, -0.2) is 26.4 Å². The fraction of sp³-hybridized carbons (Fsp3) is 0.150. The smallest absolute Gasteiger partial charge is 0.269 e. The molecule has 3 rings (SSSR count). The summed E-state index contributed by atoms with van der Waals surface area (Å²) in [6, 6.07) is 15.0. The Labute approximate surface area is 155 Å². The zero-order valence-corrected chi connectivity index (χ0v) is 14.7. The SMILES string of the molecule is CCC(C(=N)C(=O)c1ccc([N+](=O)[O-])cc1)c1ncc(-c2ccccc2)[nH]1. The van der Waals surface area contributed by atoms with Crippen LogP contribution in [-0.2, 0) is 0 Å². The van der Waals surface area contributed by atoms with Gasteiger partial charge in [0.1, 0.15) is 5.82 Å². The number of H-pyrrole nitrogens is 1. The molecule has 1 heterocycles. The number of ketones is 1. The predicted molar refractivity (Wildman–Crippen MR) is 102 cm³/mol. The summed E-state index contributed by atoms with van der Waals surface area (Å²) < 4.78 is 0. The molecule has 1 unspecified atom stereocenters. The Kier molecular flexibility index (Phi) is 5.21. The van der Waals surface area contributed by atoms with Gasteiger partial charge in [0.15, 0.2) is 0 Å². The number of nitro benzene ring substituents is 1. The van der Waals surface area contributed by atoms with Gasteiger partial charge in [0.05, 0.1) is 28.4 Å². The van der Waals surface area contributed by atoms with Crippen molar-refractivity contribution in [1.82, 2.24) is 9.97 Å². The van der Waals surface area contributed by atoms with E-state index in [0.717, 1.165) is 11.3 Å². The van der Waals surface area contributed by atoms with Crippen LogP contribution in [0.4, 0.5) is 5.69 Å². The number of carbonyl (C=O) groups excluding carboxylic acids is 1. The molecule has 3 aromatic rings. The van der Waals surface area contributed by atoms with Gasteiger partial charge in [-0.15, -0.1) is 0 Å². The highest BCUT2D eigenvalue weighted by molar-refractivity contribution is 6.46. The Balaban J connectivity index is 1.82. The number of aromatic amines is 1. The van der Waals surface area contributed by atoms with Crippen molar-refractivity contribution in [3.8, 4) is 11.3 Å². The maximum absolute atomic E-state index is 12.6. The molecule has 0 aliphatic rings. The van der Waals surface area contributed by atoms with E-state index in [0.29, 0.717) is 12.2 Å². The maximum atomic E-state index is 12.6. The van der Waals surface area contributed by atoms with E-state index >= 15 is 0 Å². The van der Waals surface area contributed by atoms with Crippen LogP contribution in [0.1, 0.15) is 35.4 Å². The quantitative estimate of drug-likeness (QED) is 0.281. The first-order valence-corrected chi connectivity index (χ1v) is 8.49. The second-order valence-electron chi connectivity index (χ2n) is 6.06. The first kappa shape index (κ1) is 18.2. The van der Waals surface area contributed by atoms with Crippen LogP contribution < -0.4 is 0 Å². The minimum Gasteiger partial charge on any atom is -0.341 e. The number of nitrogens with one attached hydrogen (secondary N) is 2. The number of hydrogen-bond acceptors (Lipinski definition) is 5. The highest BCUT2D eigenvalue weighted by Crippen LogP contribution is 2.24. The van der Waals surface area contributed by atoms with Crippen molar-refractivity contribution in [3.63, 3.8) is 0 Å². The molecule has 2 aromatic carbocycles. The molecule has 0 spiro atoms. The maximum Gasteiger partial charge on any atom is 0.269 e. The molecule has 0 radical (unpaired) electrons. The molecular formula is C20H18N4O3. The molecule has 7 heteroatoms. The van der Waals surface area contributed by atoms with Gasteiger partial charge >= 0.3 is 0 Å². The van der Waals surface area contributed by atoms with Crippen molar-refractivity contribution in [2.75, 3.05) is 0 Å². The van der Waals surface area contributed by atoms with Gasteiger partial charge < -0.3 is 10.4 Å². The molecule has 0 saturated heterocycles. The van der Waals surface area contributed by atoms with E-state index in [1.807, 2.05) is 37.3 Å². The van der Waals surface area contributed by atoms with Gasteiger partial charge in [-0.1, -0.05) is 37.3 Å². The van der Waals surface area contributed by atoms with Crippen molar-refractivity contribution in [1.29, 1.82) is 5.41 Å². The minimum absolute atomic E-state index is 0.0938. The van der Waals surface area contributed by atoms with Crippen LogP contribution in [0.2, 0.25) is 0 Å². The van der Waals surface area contributed by atoms with Gasteiger partial charge in [0.25, 0.3) is 5.69 Å². The van der Waals surface area contributed by atoms with Crippen LogP contribution >= 0.6 is 0 Å². The van der Waals surface area contributed by atoms with E-state index in [4.69, 9.17) is 5.41 Å². The largest absolute Gasteiger partial charge is 0.341 e. The summed E-state index contributed by atoms with van der Waals surface area (Å²) in [5, 5.41) is 19.1. The molecule has 0 saturated carbocycles. The zero-order valence-electron chi connectivity index (χ0n) is 14.7. The number of nitro groups is 1. The average Bonchev–Trinajstić information content (AvgIpc) is 3.18. The number of imidazole rings is 1. The number of benzene rings is 2. The summed E-state index contributed by atoms with van der Waals surface area (Å²) in [5.41, 5.74) is 1.85. The molecule has 0 amide bonds. The molecule has 2 N–H and O–H groups in total. The topological polar surface area (TPSA) is 113 Å². The third-order valence-electron chi connectivity index (χ3n) is 4.35. The fourth-order valence-corrected chi connectivity index (χ4v) is 2.86. The standard InChI is InChI=1S/C20H18N4O3/c1-2-16(20-22-12-17(23-20)13-6-4-3-5-7-13)18(21)19(25)14-8-10-15(11-9-14)24(26)27/h3-12,16,21H,2H2,1H3,(H,22,23). The van der Waals surface area contributed by atoms with Gasteiger partial charge in [0.2, 0.25) is 5.78 Å². The number of carbonyl (C=O) groups is 1. The normalized spacial score (nSPS) is 11.7. The highest BCUT2D eigenvalue weighted by Gasteiger charge is 2.25. The lowest BCUT2D eigenvalue weighted by atomic mass is 9.93. The van der Waals surface area contributed by atoms with Gasteiger partial charge in [-0.05, 0) is 24.1 Å². The third-order valence-corrected chi connectivity index (χ3v) is 4.35. The number of nitrogens with zero attached hydrogens (tertiary/aromatic N) is 2. The molecule has 0 aliphatic carbocycles. The van der Waals surface area contributed by atoms with Crippen molar-refractivity contribution >= 4 is 17.2 Å². The lowest BCUT2D eigenvalue weighted by Gasteiger charge is -2.13. The molecule has 136 valence electrons. The summed E-state index contributed by atoms with van der Waals surface area (Å²) in [6.45, 7) is 1.88. The first-order valence-electron chi connectivity index (χ1n) is 8.49. The van der Waals surface area contributed by atoms with E-state index in [9.17, 15) is 14.9 Å². The Bertz CT molecular complexity index is 978. The Morgan fingerprint density at radius 2 is 1.85 bits per heavy atom. The van der Waals surface area contributed by atoms with Gasteiger partial charge in [0, 0.05) is 17.7 Å². The summed E-state index contributed by atoms with van der Waals surface area (Å²) >= 11 is 0. The Hall–Kier alpha value is -3.61. The molecule has 7 nitrogen and oxygen atoms in total. The Morgan fingerprint density at radius 3 is 2.44 bits per heavy atom. The molecule has 1 atom stereocenters. The number of non-ortho nitro benzene ring substituents is 1. The predicted octanol–water partition coefficient (Wildman–Crippen LogP) is 4.38. The molecule has 0 fully saturated rings. The first-order chi connectivity index (χ1) is 13.0. The minimum atomic E-state index is -0.525. The average molecular weight is 362 g/mol. The van der Waals surface area contributed by atoms with Crippen molar-refractivity contribution in [2.24, 2.45) is 0 Å². The second kappa shape index (κ2) is 7.74. The lowest BCUT2D eigenvalue weighted by molar-refractivity contribution is -0.384. The summed E-state index contributed by atoms with van der Waals surface area (Å²) in [5.74, 6) is -0.392. The molecule has 0 bridgehead atoms. The van der Waals surface area contributed by atoms with Gasteiger partial charge in [-0.2, -0.15) is 0 Å². The molecule has 1 aromatic heterocycles. The van der Waals surface area contributed by atoms with Crippen LogP contribution in [0.15, 0.2) is 60.8 Å². The highest BCUT2D eigenvalue weighted by atomic mass is 16.6. The van der Waals surface area contributed by atoms with E-state index < -0.39 is 16.6 Å². The van der Waals surface area contributed by atoms with E-state index in [1.54, 1.807) is 6.20 Å². The van der Waals surface area contributed by atoms with Crippen LogP contribution in [0.5, 0.6) is 0 Å². The molecule has 0 aliphatic heterocycles. The van der Waals surface area contributed by atoms with Crippen LogP contribution in [0.3, 0.4) is 0 Å². The number of hydrogen-bond donors (Lipinski definition) is 2. The van der Waals surface area contributed by atoms with E-state index in [1.165, 1.54) is 24.3 Å². The van der Waals surface area contributed by atoms with Crippen LogP contribution in [0, 0.1) is 15.5 Å². The summed E-state index contributed by atoms with van der Waals surface area (Å²) in [6.07, 6.45) is 2.22. The summed E-state index contributed by atoms with van der Waals surface area (Å²) in [7, 11) is 0. The lowest BCUT2D eigenvalue weighted by Crippen LogP contribution is -2.22. The van der Waals surface area contributed by atoms with Crippen molar-refractivity contribution < 1.29 is 9.72 Å². The fourth-order valence-electron chi connectivity index (χ4n) is 2.86. The van der Waals surface area contributed by atoms with Crippen molar-refractivity contribution in [2.45, 2.75) is 19.3 Å². The number of rotatable bonds is 7. The van der Waals surface area contributed by atoms with Gasteiger partial charge in [-0.25, -0.2) is 4.98 Å². The van der Waals surface area contributed by atoms with E-state index in [-0.39, 0.29) is 17.0 Å². The number of Topliss-reactive ketones (excluding diaryl/α,β-unsaturated/α-hetero) is 1. The van der Waals surface area contributed by atoms with Crippen LogP contribution in [0.25, 0.3) is 11.3 Å². The second-order valence-corrected chi connectivity index (χ2v) is 6.06. The van der Waals surface area contributed by atoms with Crippen molar-refractivity contribution in [3.05, 3.63) is 82.3 Å². The number of aromatic nitrogens is 2.